The minimum absolute atomic E-state index is 0.0136. The van der Waals surface area contributed by atoms with Gasteiger partial charge >= 0.3 is 5.97 Å². The lowest BCUT2D eigenvalue weighted by Gasteiger charge is -2.13. The summed E-state index contributed by atoms with van der Waals surface area (Å²) in [4.78, 5) is 16.5. The molecule has 0 aromatic heterocycles. The Hall–Kier alpha value is -1.46. The number of β-amino-alcohol motifs (C(OH)–C–C–N with tert-alkyl or cyclic N) is 1. The third kappa shape index (κ3) is 2.37. The van der Waals surface area contributed by atoms with Gasteiger partial charge in [0.2, 0.25) is 0 Å². The number of carbonyl (C=O) groups is 1. The number of aliphatic hydroxyl groups is 1. The molecule has 2 rings (SSSR count). The van der Waals surface area contributed by atoms with Gasteiger partial charge in [-0.25, -0.2) is 9.18 Å². The van der Waals surface area contributed by atoms with E-state index >= 15 is 0 Å². The highest BCUT2D eigenvalue weighted by Crippen LogP contribution is 2.14. The van der Waals surface area contributed by atoms with Crippen LogP contribution in [0.15, 0.2) is 30.3 Å². The van der Waals surface area contributed by atoms with Crippen LogP contribution in [0.1, 0.15) is 10.4 Å². The summed E-state index contributed by atoms with van der Waals surface area (Å²) < 4.78 is 12.9. The van der Waals surface area contributed by atoms with Crippen molar-refractivity contribution in [2.24, 2.45) is 0 Å². The van der Waals surface area contributed by atoms with Gasteiger partial charge < -0.3 is 9.94 Å². The fourth-order valence-corrected chi connectivity index (χ4v) is 1.53. The zero-order valence-electron chi connectivity index (χ0n) is 8.54. The van der Waals surface area contributed by atoms with Crippen LogP contribution in [0.3, 0.4) is 0 Å². The molecule has 0 radical (unpaired) electrons. The van der Waals surface area contributed by atoms with Crippen LogP contribution in [0.5, 0.6) is 0 Å². The minimum atomic E-state index is -1.36. The summed E-state index contributed by atoms with van der Waals surface area (Å²) in [7, 11) is 0. The summed E-state index contributed by atoms with van der Waals surface area (Å²) in [6.07, 6.45) is -2.44. The van der Waals surface area contributed by atoms with Crippen LogP contribution < -0.4 is 0 Å². The van der Waals surface area contributed by atoms with Crippen molar-refractivity contribution < 1.29 is 19.1 Å². The first-order valence-corrected chi connectivity index (χ1v) is 5.01. The molecule has 5 heteroatoms. The van der Waals surface area contributed by atoms with Crippen LogP contribution in [0.25, 0.3) is 0 Å². The van der Waals surface area contributed by atoms with Crippen LogP contribution in [0.2, 0.25) is 0 Å². The van der Waals surface area contributed by atoms with E-state index in [0.29, 0.717) is 5.56 Å². The van der Waals surface area contributed by atoms with E-state index < -0.39 is 18.2 Å². The number of aliphatic hydroxyl groups excluding tert-OH is 1. The maximum absolute atomic E-state index is 12.9. The molecule has 0 aliphatic carbocycles. The van der Waals surface area contributed by atoms with Gasteiger partial charge in [0.1, 0.15) is 12.3 Å². The maximum atomic E-state index is 12.9. The molecule has 1 fully saturated rings. The van der Waals surface area contributed by atoms with Gasteiger partial charge in [-0.3, -0.25) is 0 Å². The smallest absolute Gasteiger partial charge is 0.357 e. The molecule has 2 atom stereocenters. The van der Waals surface area contributed by atoms with E-state index in [2.05, 4.69) is 0 Å². The average molecular weight is 225 g/mol. The van der Waals surface area contributed by atoms with Crippen LogP contribution in [-0.2, 0) is 4.84 Å². The SMILES string of the molecule is O=C(ON1CC(O)[C@@H](F)C1)c1ccccc1. The van der Waals surface area contributed by atoms with Gasteiger partial charge in [-0.1, -0.05) is 18.2 Å². The topological polar surface area (TPSA) is 49.8 Å². The summed E-state index contributed by atoms with van der Waals surface area (Å²) in [5.41, 5.74) is 0.402. The predicted octanol–water partition coefficient (Wildman–Crippen LogP) is 0.773. The quantitative estimate of drug-likeness (QED) is 0.807. The van der Waals surface area contributed by atoms with E-state index in [0.717, 1.165) is 5.06 Å². The molecule has 4 nitrogen and oxygen atoms in total. The van der Waals surface area contributed by atoms with E-state index in [1.54, 1.807) is 30.3 Å². The normalized spacial score (nSPS) is 25.6. The highest BCUT2D eigenvalue weighted by molar-refractivity contribution is 5.89. The molecule has 0 amide bonds. The molecular formula is C11H12FNO3. The highest BCUT2D eigenvalue weighted by Gasteiger charge is 2.33. The molecule has 0 bridgehead atoms. The Bertz CT molecular complexity index is 361. The number of nitrogens with zero attached hydrogens (tertiary/aromatic N) is 1. The molecule has 1 aliphatic heterocycles. The molecule has 1 aromatic rings. The molecule has 1 unspecified atom stereocenters. The molecular weight excluding hydrogens is 213 g/mol. The first-order valence-electron chi connectivity index (χ1n) is 5.01. The van der Waals surface area contributed by atoms with Gasteiger partial charge in [-0.05, 0) is 12.1 Å². The summed E-state index contributed by atoms with van der Waals surface area (Å²) in [6.45, 7) is -0.0700. The van der Waals surface area contributed by atoms with Gasteiger partial charge in [-0.15, -0.1) is 5.06 Å². The van der Waals surface area contributed by atoms with E-state index in [4.69, 9.17) is 9.94 Å². The highest BCUT2D eigenvalue weighted by atomic mass is 19.1. The standard InChI is InChI=1S/C11H12FNO3/c12-9-6-13(7-10(9)14)16-11(15)8-4-2-1-3-5-8/h1-5,9-10,14H,6-7H2/t9-,10?/m0/s1. The number of halogens is 1. The molecule has 0 saturated carbocycles. The van der Waals surface area contributed by atoms with Crippen molar-refractivity contribution in [3.63, 3.8) is 0 Å². The summed E-state index contributed by atoms with van der Waals surface area (Å²) in [5.74, 6) is -0.540. The molecule has 1 aromatic carbocycles. The Morgan fingerprint density at radius 1 is 1.38 bits per heavy atom. The molecule has 1 aliphatic rings. The zero-order chi connectivity index (χ0) is 11.5. The van der Waals surface area contributed by atoms with Gasteiger partial charge in [0.25, 0.3) is 0 Å². The van der Waals surface area contributed by atoms with Crippen LogP contribution in [0.4, 0.5) is 4.39 Å². The maximum Gasteiger partial charge on any atom is 0.357 e. The molecule has 16 heavy (non-hydrogen) atoms. The first kappa shape index (κ1) is 11.0. The van der Waals surface area contributed by atoms with Gasteiger partial charge in [0, 0.05) is 0 Å². The Morgan fingerprint density at radius 2 is 2.06 bits per heavy atom. The predicted molar refractivity (Wildman–Crippen MR) is 54.3 cm³/mol. The van der Waals surface area contributed by atoms with Crippen molar-refractivity contribution in [2.45, 2.75) is 12.3 Å². The lowest BCUT2D eigenvalue weighted by Crippen LogP contribution is -2.26. The molecule has 0 spiro atoms. The lowest BCUT2D eigenvalue weighted by atomic mass is 10.2. The van der Waals surface area contributed by atoms with Crippen molar-refractivity contribution in [1.82, 2.24) is 5.06 Å². The van der Waals surface area contributed by atoms with E-state index in [1.807, 2.05) is 0 Å². The van der Waals surface area contributed by atoms with E-state index in [-0.39, 0.29) is 13.1 Å². The number of alkyl halides is 1. The van der Waals surface area contributed by atoms with Gasteiger partial charge in [0.15, 0.2) is 0 Å². The summed E-state index contributed by atoms with van der Waals surface area (Å²) in [6, 6.07) is 8.44. The van der Waals surface area contributed by atoms with Gasteiger partial charge in [-0.2, -0.15) is 0 Å². The van der Waals surface area contributed by atoms with E-state index in [9.17, 15) is 9.18 Å². The van der Waals surface area contributed by atoms with Crippen LogP contribution >= 0.6 is 0 Å². The van der Waals surface area contributed by atoms with E-state index in [1.165, 1.54) is 0 Å². The number of hydrogen-bond donors (Lipinski definition) is 1. The Kier molecular flexibility index (Phi) is 3.17. The minimum Gasteiger partial charge on any atom is -0.389 e. The molecule has 1 heterocycles. The third-order valence-corrected chi connectivity index (χ3v) is 2.41. The Morgan fingerprint density at radius 3 is 2.62 bits per heavy atom. The van der Waals surface area contributed by atoms with Crippen molar-refractivity contribution in [1.29, 1.82) is 0 Å². The monoisotopic (exact) mass is 225 g/mol. The Labute approximate surface area is 92.2 Å². The largest absolute Gasteiger partial charge is 0.389 e. The Balaban J connectivity index is 1.94. The second-order valence-electron chi connectivity index (χ2n) is 3.68. The van der Waals surface area contributed by atoms with Crippen molar-refractivity contribution in [3.05, 3.63) is 35.9 Å². The number of rotatable bonds is 2. The third-order valence-electron chi connectivity index (χ3n) is 2.41. The molecule has 86 valence electrons. The number of hydroxylamine groups is 2. The second-order valence-corrected chi connectivity index (χ2v) is 3.68. The van der Waals surface area contributed by atoms with Crippen molar-refractivity contribution in [3.8, 4) is 0 Å². The number of hydrogen-bond acceptors (Lipinski definition) is 4. The second kappa shape index (κ2) is 4.59. The average Bonchev–Trinajstić information content (AvgIpc) is 2.59. The molecule has 1 N–H and O–H groups in total. The fraction of sp³-hybridized carbons (Fsp3) is 0.364. The van der Waals surface area contributed by atoms with Crippen LogP contribution in [0, 0.1) is 0 Å². The number of carbonyl (C=O) groups excluding carboxylic acids is 1. The van der Waals surface area contributed by atoms with Crippen molar-refractivity contribution in [2.75, 3.05) is 13.1 Å². The fourth-order valence-electron chi connectivity index (χ4n) is 1.53. The summed E-state index contributed by atoms with van der Waals surface area (Å²) >= 11 is 0. The first-order chi connectivity index (χ1) is 7.66. The van der Waals surface area contributed by atoms with Gasteiger partial charge in [0.05, 0.1) is 18.7 Å². The zero-order valence-corrected chi connectivity index (χ0v) is 8.54. The number of benzene rings is 1. The lowest BCUT2D eigenvalue weighted by molar-refractivity contribution is -0.0993. The molecule has 1 saturated heterocycles. The summed E-state index contributed by atoms with van der Waals surface area (Å²) in [5, 5.41) is 10.3. The van der Waals surface area contributed by atoms with Crippen molar-refractivity contribution >= 4 is 5.97 Å². The van der Waals surface area contributed by atoms with Crippen LogP contribution in [-0.4, -0.2) is 41.5 Å².